The van der Waals surface area contributed by atoms with Crippen molar-refractivity contribution >= 4 is 15.9 Å². The van der Waals surface area contributed by atoms with Crippen LogP contribution in [-0.4, -0.2) is 26.8 Å². The van der Waals surface area contributed by atoms with Gasteiger partial charge < -0.3 is 9.84 Å². The summed E-state index contributed by atoms with van der Waals surface area (Å²) in [6.45, 7) is -2.76. The number of halogens is 3. The SMILES string of the molecule is O=c1ccc(-c2ccc(O)c(OC(F)F)c2)nn1C/C=C/CBr. The first-order valence-corrected chi connectivity index (χ1v) is 7.70. The highest BCUT2D eigenvalue weighted by atomic mass is 79.9. The second-order valence-corrected chi connectivity index (χ2v) is 5.07. The summed E-state index contributed by atoms with van der Waals surface area (Å²) in [6, 6.07) is 6.79. The molecule has 2 rings (SSSR count). The van der Waals surface area contributed by atoms with Gasteiger partial charge in [0.1, 0.15) is 0 Å². The topological polar surface area (TPSA) is 64.3 Å². The van der Waals surface area contributed by atoms with Gasteiger partial charge >= 0.3 is 6.61 Å². The minimum Gasteiger partial charge on any atom is -0.504 e. The summed E-state index contributed by atoms with van der Waals surface area (Å²) in [5.41, 5.74) is 0.559. The highest BCUT2D eigenvalue weighted by Gasteiger charge is 2.12. The third-order valence-corrected chi connectivity index (χ3v) is 3.25. The predicted octanol–water partition coefficient (Wildman–Crippen LogP) is 3.17. The molecule has 0 unspecified atom stereocenters. The minimum atomic E-state index is -3.05. The Balaban J connectivity index is 2.36. The summed E-state index contributed by atoms with van der Waals surface area (Å²) >= 11 is 3.23. The van der Waals surface area contributed by atoms with Gasteiger partial charge in [0.2, 0.25) is 0 Å². The molecular weight excluding hydrogens is 374 g/mol. The number of benzene rings is 1. The average Bonchev–Trinajstić information content (AvgIpc) is 2.51. The average molecular weight is 387 g/mol. The van der Waals surface area contributed by atoms with E-state index in [9.17, 15) is 18.7 Å². The van der Waals surface area contributed by atoms with Crippen LogP contribution in [0.4, 0.5) is 8.78 Å². The summed E-state index contributed by atoms with van der Waals surface area (Å²) < 4.78 is 30.1. The van der Waals surface area contributed by atoms with Crippen LogP contribution >= 0.6 is 15.9 Å². The van der Waals surface area contributed by atoms with E-state index in [0.717, 1.165) is 0 Å². The molecule has 0 bridgehead atoms. The van der Waals surface area contributed by atoms with Gasteiger partial charge in [-0.15, -0.1) is 0 Å². The molecule has 0 spiro atoms. The standard InChI is InChI=1S/C15H13BrF2N2O3/c16-7-1-2-8-20-14(22)6-4-11(19-20)10-3-5-12(21)13(9-10)23-15(17)18/h1-6,9,15,21H,7-8H2/b2-1+. The van der Waals surface area contributed by atoms with Crippen molar-refractivity contribution in [3.8, 4) is 22.8 Å². The Morgan fingerprint density at radius 1 is 1.30 bits per heavy atom. The van der Waals surface area contributed by atoms with Crippen LogP contribution in [0.3, 0.4) is 0 Å². The highest BCUT2D eigenvalue weighted by molar-refractivity contribution is 9.09. The van der Waals surface area contributed by atoms with Gasteiger partial charge in [-0.1, -0.05) is 28.1 Å². The molecule has 2 aromatic rings. The minimum absolute atomic E-state index is 0.282. The number of alkyl halides is 3. The van der Waals surface area contributed by atoms with Crippen molar-refractivity contribution in [2.24, 2.45) is 0 Å². The predicted molar refractivity (Wildman–Crippen MR) is 85.2 cm³/mol. The molecule has 1 heterocycles. The number of hydrogen-bond donors (Lipinski definition) is 1. The van der Waals surface area contributed by atoms with E-state index in [2.05, 4.69) is 25.8 Å². The lowest BCUT2D eigenvalue weighted by Crippen LogP contribution is -2.21. The first-order valence-electron chi connectivity index (χ1n) is 6.58. The summed E-state index contributed by atoms with van der Waals surface area (Å²) in [4.78, 5) is 11.8. The molecule has 1 aromatic heterocycles. The fourth-order valence-electron chi connectivity index (χ4n) is 1.83. The lowest BCUT2D eigenvalue weighted by atomic mass is 10.1. The lowest BCUT2D eigenvalue weighted by Gasteiger charge is -2.09. The molecule has 0 aliphatic rings. The van der Waals surface area contributed by atoms with Crippen LogP contribution in [0, 0.1) is 0 Å². The van der Waals surface area contributed by atoms with E-state index in [1.54, 1.807) is 6.08 Å². The van der Waals surface area contributed by atoms with Gasteiger partial charge in [-0.25, -0.2) is 4.68 Å². The normalized spacial score (nSPS) is 11.3. The quantitative estimate of drug-likeness (QED) is 0.611. The zero-order chi connectivity index (χ0) is 16.8. The third kappa shape index (κ3) is 4.62. The maximum Gasteiger partial charge on any atom is 0.387 e. The number of allylic oxidation sites excluding steroid dienone is 2. The lowest BCUT2D eigenvalue weighted by molar-refractivity contribution is -0.0512. The molecular formula is C15H13BrF2N2O3. The van der Waals surface area contributed by atoms with E-state index in [4.69, 9.17) is 0 Å². The summed E-state index contributed by atoms with van der Waals surface area (Å²) in [5, 5.41) is 14.4. The van der Waals surface area contributed by atoms with Gasteiger partial charge in [-0.2, -0.15) is 13.9 Å². The monoisotopic (exact) mass is 386 g/mol. The molecule has 0 fully saturated rings. The van der Waals surface area contributed by atoms with Gasteiger partial charge in [0, 0.05) is 17.0 Å². The van der Waals surface area contributed by atoms with Crippen LogP contribution in [0.1, 0.15) is 0 Å². The second-order valence-electron chi connectivity index (χ2n) is 4.43. The van der Waals surface area contributed by atoms with Crippen molar-refractivity contribution in [3.05, 3.63) is 52.8 Å². The Hall–Kier alpha value is -2.22. The summed E-state index contributed by atoms with van der Waals surface area (Å²) in [6.07, 6.45) is 3.60. The maximum absolute atomic E-state index is 12.3. The first-order chi connectivity index (χ1) is 11.0. The van der Waals surface area contributed by atoms with Crippen molar-refractivity contribution in [1.29, 1.82) is 0 Å². The molecule has 122 valence electrons. The van der Waals surface area contributed by atoms with E-state index in [-0.39, 0.29) is 17.9 Å². The van der Waals surface area contributed by atoms with E-state index in [0.29, 0.717) is 16.6 Å². The molecule has 8 heteroatoms. The molecule has 0 aliphatic heterocycles. The molecule has 0 saturated heterocycles. The van der Waals surface area contributed by atoms with Crippen molar-refractivity contribution in [2.45, 2.75) is 13.2 Å². The van der Waals surface area contributed by atoms with Crippen LogP contribution < -0.4 is 10.3 Å². The van der Waals surface area contributed by atoms with Crippen molar-refractivity contribution in [3.63, 3.8) is 0 Å². The van der Waals surface area contributed by atoms with Gasteiger partial charge in [-0.05, 0) is 24.3 Å². The molecule has 1 N–H and O–H groups in total. The summed E-state index contributed by atoms with van der Waals surface area (Å²) in [7, 11) is 0. The second kappa shape index (κ2) is 7.87. The molecule has 0 radical (unpaired) electrons. The molecule has 0 aliphatic carbocycles. The van der Waals surface area contributed by atoms with E-state index >= 15 is 0 Å². The largest absolute Gasteiger partial charge is 0.504 e. The first kappa shape index (κ1) is 17.1. The molecule has 0 saturated carbocycles. The van der Waals surface area contributed by atoms with Crippen LogP contribution in [0.2, 0.25) is 0 Å². The number of nitrogens with zero attached hydrogens (tertiary/aromatic N) is 2. The number of hydrogen-bond acceptors (Lipinski definition) is 4. The summed E-state index contributed by atoms with van der Waals surface area (Å²) in [5.74, 6) is -0.751. The van der Waals surface area contributed by atoms with Gasteiger partial charge in [0.15, 0.2) is 11.5 Å². The van der Waals surface area contributed by atoms with Gasteiger partial charge in [-0.3, -0.25) is 4.79 Å². The van der Waals surface area contributed by atoms with Gasteiger partial charge in [0.05, 0.1) is 12.2 Å². The zero-order valence-electron chi connectivity index (χ0n) is 11.8. The van der Waals surface area contributed by atoms with Crippen LogP contribution in [0.15, 0.2) is 47.3 Å². The maximum atomic E-state index is 12.3. The van der Waals surface area contributed by atoms with E-state index in [1.165, 1.54) is 35.0 Å². The molecule has 5 nitrogen and oxygen atoms in total. The van der Waals surface area contributed by atoms with Crippen LogP contribution in [0.25, 0.3) is 11.3 Å². The number of aromatic nitrogens is 2. The number of rotatable bonds is 6. The number of phenolic OH excluding ortho intramolecular Hbond substituents is 1. The third-order valence-electron chi connectivity index (χ3n) is 2.87. The molecule has 0 amide bonds. The van der Waals surface area contributed by atoms with Crippen molar-refractivity contribution < 1.29 is 18.6 Å². The zero-order valence-corrected chi connectivity index (χ0v) is 13.4. The number of phenols is 1. The van der Waals surface area contributed by atoms with E-state index < -0.39 is 12.4 Å². The Labute approximate surface area is 139 Å². The van der Waals surface area contributed by atoms with Crippen molar-refractivity contribution in [1.82, 2.24) is 9.78 Å². The fraction of sp³-hybridized carbons (Fsp3) is 0.200. The smallest absolute Gasteiger partial charge is 0.387 e. The molecule has 1 aromatic carbocycles. The Kier molecular flexibility index (Phi) is 5.86. The number of ether oxygens (including phenoxy) is 1. The Morgan fingerprint density at radius 2 is 2.09 bits per heavy atom. The van der Waals surface area contributed by atoms with Crippen LogP contribution in [-0.2, 0) is 6.54 Å². The van der Waals surface area contributed by atoms with Crippen LogP contribution in [0.5, 0.6) is 11.5 Å². The Morgan fingerprint density at radius 3 is 2.78 bits per heavy atom. The van der Waals surface area contributed by atoms with E-state index in [1.807, 2.05) is 6.08 Å². The van der Waals surface area contributed by atoms with Crippen molar-refractivity contribution in [2.75, 3.05) is 5.33 Å². The molecule has 23 heavy (non-hydrogen) atoms. The number of aromatic hydroxyl groups is 1. The fourth-order valence-corrected chi connectivity index (χ4v) is 2.10. The molecule has 0 atom stereocenters. The Bertz CT molecular complexity index is 763. The highest BCUT2D eigenvalue weighted by Crippen LogP contribution is 2.31. The van der Waals surface area contributed by atoms with Gasteiger partial charge in [0.25, 0.3) is 5.56 Å².